The summed E-state index contributed by atoms with van der Waals surface area (Å²) in [6.45, 7) is 0. The smallest absolute Gasteiger partial charge is 0.270 e. The van der Waals surface area contributed by atoms with E-state index in [1.165, 1.54) is 17.8 Å². The Kier molecular flexibility index (Phi) is 5.10. The van der Waals surface area contributed by atoms with Gasteiger partial charge in [0, 0.05) is 11.6 Å². The number of amides is 2. The van der Waals surface area contributed by atoms with E-state index in [0.717, 1.165) is 31.4 Å². The maximum Gasteiger partial charge on any atom is 0.270 e. The summed E-state index contributed by atoms with van der Waals surface area (Å²) in [5.74, 6) is -0.689. The van der Waals surface area contributed by atoms with Gasteiger partial charge < -0.3 is 16.4 Å². The first-order valence-electron chi connectivity index (χ1n) is 8.07. The molecule has 24 heavy (non-hydrogen) atoms. The van der Waals surface area contributed by atoms with Gasteiger partial charge in [-0.05, 0) is 25.0 Å². The van der Waals surface area contributed by atoms with Crippen LogP contribution in [0.3, 0.4) is 0 Å². The van der Waals surface area contributed by atoms with Crippen LogP contribution in [-0.4, -0.2) is 16.8 Å². The van der Waals surface area contributed by atoms with Crippen molar-refractivity contribution in [2.24, 2.45) is 11.7 Å². The SMILES string of the molecule is NC(=O)c1nc(Nc2ccccc2)sc1NC(=O)C1CCCCC1. The molecule has 2 amide bonds. The number of hydrogen-bond donors (Lipinski definition) is 3. The van der Waals surface area contributed by atoms with E-state index < -0.39 is 5.91 Å². The number of para-hydroxylation sites is 1. The fourth-order valence-corrected chi connectivity index (χ4v) is 3.74. The number of carbonyl (C=O) groups is 2. The molecule has 4 N–H and O–H groups in total. The van der Waals surface area contributed by atoms with E-state index in [-0.39, 0.29) is 17.5 Å². The summed E-state index contributed by atoms with van der Waals surface area (Å²) in [6.07, 6.45) is 5.12. The molecule has 0 atom stereocenters. The molecule has 1 saturated carbocycles. The maximum absolute atomic E-state index is 12.4. The van der Waals surface area contributed by atoms with Crippen LogP contribution in [0.4, 0.5) is 15.8 Å². The van der Waals surface area contributed by atoms with Gasteiger partial charge >= 0.3 is 0 Å². The number of carbonyl (C=O) groups excluding carboxylic acids is 2. The second kappa shape index (κ2) is 7.44. The fourth-order valence-electron chi connectivity index (χ4n) is 2.85. The molecule has 0 unspecified atom stereocenters. The zero-order chi connectivity index (χ0) is 16.9. The Labute approximate surface area is 144 Å². The van der Waals surface area contributed by atoms with Gasteiger partial charge in [-0.3, -0.25) is 9.59 Å². The Hall–Kier alpha value is -2.41. The first-order valence-corrected chi connectivity index (χ1v) is 8.88. The third-order valence-electron chi connectivity index (χ3n) is 4.10. The second-order valence-corrected chi connectivity index (χ2v) is 6.88. The molecule has 1 aliphatic carbocycles. The Morgan fingerprint density at radius 1 is 1.12 bits per heavy atom. The van der Waals surface area contributed by atoms with E-state index in [9.17, 15) is 9.59 Å². The molecule has 0 aliphatic heterocycles. The van der Waals surface area contributed by atoms with Crippen LogP contribution < -0.4 is 16.4 Å². The highest BCUT2D eigenvalue weighted by Gasteiger charge is 2.24. The van der Waals surface area contributed by atoms with Gasteiger partial charge in [-0.1, -0.05) is 48.8 Å². The Balaban J connectivity index is 1.76. The number of primary amides is 1. The van der Waals surface area contributed by atoms with Gasteiger partial charge in [0.15, 0.2) is 10.8 Å². The molecule has 1 aromatic carbocycles. The lowest BCUT2D eigenvalue weighted by Crippen LogP contribution is -2.25. The number of aromatic nitrogens is 1. The number of nitrogens with one attached hydrogen (secondary N) is 2. The number of anilines is 3. The number of rotatable bonds is 5. The van der Waals surface area contributed by atoms with Crippen molar-refractivity contribution in [2.75, 3.05) is 10.6 Å². The Bertz CT molecular complexity index is 723. The summed E-state index contributed by atoms with van der Waals surface area (Å²) in [5, 5.41) is 6.90. The topological polar surface area (TPSA) is 97.1 Å². The van der Waals surface area contributed by atoms with E-state index in [4.69, 9.17) is 5.73 Å². The summed E-state index contributed by atoms with van der Waals surface area (Å²) in [6, 6.07) is 9.50. The monoisotopic (exact) mass is 344 g/mol. The third kappa shape index (κ3) is 3.91. The number of benzene rings is 1. The van der Waals surface area contributed by atoms with Crippen molar-refractivity contribution in [1.82, 2.24) is 4.98 Å². The van der Waals surface area contributed by atoms with E-state index in [0.29, 0.717) is 10.1 Å². The summed E-state index contributed by atoms with van der Waals surface area (Å²) < 4.78 is 0. The molecule has 1 aromatic heterocycles. The lowest BCUT2D eigenvalue weighted by Gasteiger charge is -2.20. The molecule has 126 valence electrons. The molecular weight excluding hydrogens is 324 g/mol. The van der Waals surface area contributed by atoms with Gasteiger partial charge in [-0.15, -0.1) is 0 Å². The molecule has 1 aliphatic rings. The normalized spacial score (nSPS) is 15.0. The number of hydrogen-bond acceptors (Lipinski definition) is 5. The Morgan fingerprint density at radius 3 is 2.50 bits per heavy atom. The molecule has 0 saturated heterocycles. The lowest BCUT2D eigenvalue weighted by atomic mass is 9.89. The van der Waals surface area contributed by atoms with Crippen LogP contribution in [0.1, 0.15) is 42.6 Å². The average Bonchev–Trinajstić information content (AvgIpc) is 2.99. The molecular formula is C17H20N4O2S. The molecule has 1 heterocycles. The first kappa shape index (κ1) is 16.4. The molecule has 1 fully saturated rings. The maximum atomic E-state index is 12.4. The minimum atomic E-state index is -0.647. The highest BCUT2D eigenvalue weighted by atomic mass is 32.1. The van der Waals surface area contributed by atoms with Crippen LogP contribution in [-0.2, 0) is 4.79 Å². The summed E-state index contributed by atoms with van der Waals surface area (Å²) in [7, 11) is 0. The average molecular weight is 344 g/mol. The van der Waals surface area contributed by atoms with Crippen molar-refractivity contribution in [3.05, 3.63) is 36.0 Å². The molecule has 3 rings (SSSR count). The minimum absolute atomic E-state index is 0.00658. The molecule has 0 bridgehead atoms. The predicted molar refractivity (Wildman–Crippen MR) is 95.6 cm³/mol. The molecule has 6 nitrogen and oxygen atoms in total. The summed E-state index contributed by atoms with van der Waals surface area (Å²) >= 11 is 1.22. The van der Waals surface area contributed by atoms with Gasteiger partial charge in [-0.2, -0.15) is 0 Å². The molecule has 2 aromatic rings. The third-order valence-corrected chi connectivity index (χ3v) is 4.98. The minimum Gasteiger partial charge on any atom is -0.364 e. The van der Waals surface area contributed by atoms with Gasteiger partial charge in [0.1, 0.15) is 5.00 Å². The fraction of sp³-hybridized carbons (Fsp3) is 0.353. The van der Waals surface area contributed by atoms with Gasteiger partial charge in [0.05, 0.1) is 0 Å². The van der Waals surface area contributed by atoms with Crippen LogP contribution in [0.2, 0.25) is 0 Å². The van der Waals surface area contributed by atoms with Crippen molar-refractivity contribution in [3.63, 3.8) is 0 Å². The van der Waals surface area contributed by atoms with E-state index >= 15 is 0 Å². The van der Waals surface area contributed by atoms with Crippen LogP contribution in [0.5, 0.6) is 0 Å². The van der Waals surface area contributed by atoms with Crippen LogP contribution in [0, 0.1) is 5.92 Å². The zero-order valence-electron chi connectivity index (χ0n) is 13.2. The molecule has 0 radical (unpaired) electrons. The van der Waals surface area contributed by atoms with Crippen molar-refractivity contribution < 1.29 is 9.59 Å². The zero-order valence-corrected chi connectivity index (χ0v) is 14.1. The van der Waals surface area contributed by atoms with Crippen molar-refractivity contribution in [2.45, 2.75) is 32.1 Å². The molecule has 7 heteroatoms. The largest absolute Gasteiger partial charge is 0.364 e. The van der Waals surface area contributed by atoms with E-state index in [2.05, 4.69) is 15.6 Å². The molecule has 0 spiro atoms. The van der Waals surface area contributed by atoms with Gasteiger partial charge in [-0.25, -0.2) is 4.98 Å². The van der Waals surface area contributed by atoms with Gasteiger partial charge in [0.25, 0.3) is 5.91 Å². The predicted octanol–water partition coefficient (Wildman–Crippen LogP) is 3.50. The van der Waals surface area contributed by atoms with Gasteiger partial charge in [0.2, 0.25) is 5.91 Å². The number of nitrogens with zero attached hydrogens (tertiary/aromatic N) is 1. The quantitative estimate of drug-likeness (QED) is 0.773. The second-order valence-electron chi connectivity index (χ2n) is 5.88. The van der Waals surface area contributed by atoms with Crippen molar-refractivity contribution in [1.29, 1.82) is 0 Å². The highest BCUT2D eigenvalue weighted by Crippen LogP contribution is 2.32. The van der Waals surface area contributed by atoms with E-state index in [1.54, 1.807) is 0 Å². The standard InChI is InChI=1S/C17H20N4O2S/c18-14(22)13-16(21-15(23)11-7-3-1-4-8-11)24-17(20-13)19-12-9-5-2-6-10-12/h2,5-6,9-11H,1,3-4,7-8H2,(H2,18,22)(H,19,20)(H,21,23). The van der Waals surface area contributed by atoms with Crippen LogP contribution in [0.25, 0.3) is 0 Å². The summed E-state index contributed by atoms with van der Waals surface area (Å²) in [5.41, 5.74) is 6.36. The van der Waals surface area contributed by atoms with Crippen molar-refractivity contribution >= 4 is 39.0 Å². The lowest BCUT2D eigenvalue weighted by molar-refractivity contribution is -0.120. The summed E-state index contributed by atoms with van der Waals surface area (Å²) in [4.78, 5) is 28.3. The van der Waals surface area contributed by atoms with Crippen LogP contribution >= 0.6 is 11.3 Å². The number of nitrogens with two attached hydrogens (primary N) is 1. The van der Waals surface area contributed by atoms with Crippen molar-refractivity contribution in [3.8, 4) is 0 Å². The first-order chi connectivity index (χ1) is 11.6. The Morgan fingerprint density at radius 2 is 1.83 bits per heavy atom. The highest BCUT2D eigenvalue weighted by molar-refractivity contribution is 7.20. The van der Waals surface area contributed by atoms with E-state index in [1.807, 2.05) is 30.3 Å². The van der Waals surface area contributed by atoms with Crippen LogP contribution in [0.15, 0.2) is 30.3 Å². The number of thiazole rings is 1.